The molecule has 13 atom stereocenters. The SMILES string of the molecule is CCN1C[C@]2(COC)CC[C@H](OC)[C@@]34[C@@H]5C[C@@]6(O)[C@@H](OC)C[C@@](O)([C@H]5[C@H]6OC(=O)c5cccs5)[C@@H]([C@H](OC)[C@H]23)[C@@H]14. The van der Waals surface area contributed by atoms with Gasteiger partial charge >= 0.3 is 5.97 Å². The van der Waals surface area contributed by atoms with Crippen LogP contribution in [0.5, 0.6) is 0 Å². The first kappa shape index (κ1) is 27.7. The van der Waals surface area contributed by atoms with Crippen LogP contribution in [-0.4, -0.2) is 111 Å². The molecule has 0 amide bonds. The third-order valence-corrected chi connectivity index (χ3v) is 13.3. The molecule has 6 fully saturated rings. The lowest BCUT2D eigenvalue weighted by Crippen LogP contribution is -2.77. The van der Waals surface area contributed by atoms with E-state index in [9.17, 15) is 15.0 Å². The molecule has 0 unspecified atom stereocenters. The van der Waals surface area contributed by atoms with Gasteiger partial charge in [0.25, 0.3) is 0 Å². The fraction of sp³-hybridized carbons (Fsp3) is 0.833. The van der Waals surface area contributed by atoms with Crippen molar-refractivity contribution in [2.45, 2.75) is 74.3 Å². The molecule has 1 spiro atoms. The van der Waals surface area contributed by atoms with Gasteiger partial charge in [-0.25, -0.2) is 4.79 Å². The fourth-order valence-electron chi connectivity index (χ4n) is 11.7. The summed E-state index contributed by atoms with van der Waals surface area (Å²) in [5.74, 6) is -1.29. The fourth-order valence-corrected chi connectivity index (χ4v) is 12.3. The molecule has 9 nitrogen and oxygen atoms in total. The molecule has 5 aliphatic carbocycles. The van der Waals surface area contributed by atoms with E-state index in [0.717, 1.165) is 25.9 Å². The number of hydrogen-bond acceptors (Lipinski definition) is 10. The molecule has 1 saturated heterocycles. The number of rotatable bonds is 8. The summed E-state index contributed by atoms with van der Waals surface area (Å²) >= 11 is 1.31. The molecule has 2 N–H and O–H groups in total. The molecule has 5 saturated carbocycles. The maximum absolute atomic E-state index is 13.4. The molecule has 1 aliphatic heterocycles. The quantitative estimate of drug-likeness (QED) is 0.450. The van der Waals surface area contributed by atoms with Crippen LogP contribution in [0.15, 0.2) is 17.5 Å². The van der Waals surface area contributed by atoms with Crippen molar-refractivity contribution in [1.82, 2.24) is 4.90 Å². The number of nitrogens with zero attached hydrogens (tertiary/aromatic N) is 1. The topological polar surface area (TPSA) is 107 Å². The van der Waals surface area contributed by atoms with E-state index in [2.05, 4.69) is 11.8 Å². The number of methoxy groups -OCH3 is 4. The molecular formula is C30H43NO8S. The van der Waals surface area contributed by atoms with Crippen molar-refractivity contribution in [1.29, 1.82) is 0 Å². The number of likely N-dealkylation sites (tertiary alicyclic amines) is 1. The highest BCUT2D eigenvalue weighted by molar-refractivity contribution is 7.11. The number of hydrogen-bond donors (Lipinski definition) is 2. The Morgan fingerprint density at radius 2 is 1.85 bits per heavy atom. The van der Waals surface area contributed by atoms with Gasteiger partial charge in [0.15, 0.2) is 0 Å². The van der Waals surface area contributed by atoms with Crippen LogP contribution in [0, 0.1) is 34.5 Å². The van der Waals surface area contributed by atoms with Gasteiger partial charge in [-0.1, -0.05) is 13.0 Å². The van der Waals surface area contributed by atoms with Crippen LogP contribution in [0.1, 0.15) is 42.3 Å². The Kier molecular flexibility index (Phi) is 6.37. The van der Waals surface area contributed by atoms with Gasteiger partial charge in [0, 0.05) is 76.0 Å². The molecule has 222 valence electrons. The van der Waals surface area contributed by atoms with Gasteiger partial charge < -0.3 is 33.9 Å². The predicted molar refractivity (Wildman–Crippen MR) is 146 cm³/mol. The summed E-state index contributed by atoms with van der Waals surface area (Å²) in [7, 11) is 6.92. The molecule has 10 heteroatoms. The van der Waals surface area contributed by atoms with Crippen molar-refractivity contribution in [2.75, 3.05) is 48.1 Å². The van der Waals surface area contributed by atoms with E-state index < -0.39 is 40.7 Å². The minimum absolute atomic E-state index is 0.000495. The number of carbonyl (C=O) groups is 1. The van der Waals surface area contributed by atoms with Crippen LogP contribution in [0.25, 0.3) is 0 Å². The monoisotopic (exact) mass is 577 g/mol. The molecule has 7 bridgehead atoms. The first-order valence-corrected chi connectivity index (χ1v) is 15.6. The first-order valence-electron chi connectivity index (χ1n) is 14.7. The van der Waals surface area contributed by atoms with Crippen molar-refractivity contribution in [3.8, 4) is 0 Å². The molecular weight excluding hydrogens is 534 g/mol. The van der Waals surface area contributed by atoms with E-state index in [1.165, 1.54) is 11.3 Å². The van der Waals surface area contributed by atoms with E-state index in [1.54, 1.807) is 34.5 Å². The summed E-state index contributed by atoms with van der Waals surface area (Å²) in [6, 6.07) is 3.55. The van der Waals surface area contributed by atoms with Crippen LogP contribution >= 0.6 is 11.3 Å². The zero-order chi connectivity index (χ0) is 28.2. The van der Waals surface area contributed by atoms with Crippen LogP contribution in [0.3, 0.4) is 0 Å². The Hall–Kier alpha value is -1.11. The highest BCUT2D eigenvalue weighted by Crippen LogP contribution is 2.80. The van der Waals surface area contributed by atoms with Gasteiger partial charge in [0.05, 0.1) is 30.5 Å². The van der Waals surface area contributed by atoms with E-state index in [4.69, 9.17) is 23.7 Å². The third kappa shape index (κ3) is 3.05. The smallest absolute Gasteiger partial charge is 0.348 e. The van der Waals surface area contributed by atoms with Crippen molar-refractivity contribution in [2.24, 2.45) is 34.5 Å². The number of ether oxygens (including phenoxy) is 5. The second kappa shape index (κ2) is 9.19. The Morgan fingerprint density at radius 1 is 1.07 bits per heavy atom. The first-order chi connectivity index (χ1) is 19.2. The maximum atomic E-state index is 13.4. The van der Waals surface area contributed by atoms with Gasteiger partial charge in [-0.2, -0.15) is 0 Å². The summed E-state index contributed by atoms with van der Waals surface area (Å²) in [6.45, 7) is 4.50. The van der Waals surface area contributed by atoms with Gasteiger partial charge in [0.1, 0.15) is 16.6 Å². The summed E-state index contributed by atoms with van der Waals surface area (Å²) in [5, 5.41) is 27.4. The van der Waals surface area contributed by atoms with Crippen molar-refractivity contribution in [3.05, 3.63) is 22.4 Å². The minimum Gasteiger partial charge on any atom is -0.455 e. The zero-order valence-electron chi connectivity index (χ0n) is 24.1. The lowest BCUT2D eigenvalue weighted by Gasteiger charge is -2.69. The van der Waals surface area contributed by atoms with Crippen molar-refractivity contribution >= 4 is 17.3 Å². The average Bonchev–Trinajstić information content (AvgIpc) is 3.61. The number of thiophene rings is 1. The molecule has 2 heterocycles. The molecule has 0 aromatic carbocycles. The number of fused-ring (bicyclic) bond motifs is 2. The van der Waals surface area contributed by atoms with Gasteiger partial charge in [-0.15, -0.1) is 11.3 Å². The number of carbonyl (C=O) groups excluding carboxylic acids is 1. The standard InChI is InChI=1S/C30H43NO8S/c1-6-31-14-27(15-35-2)10-9-18(36-3)30-16-12-28(33)19(37-4)13-29(34,21(24(30)31)22(38-5)23(27)30)20(16)25(28)39-26(32)17-8-7-11-40-17/h7-8,11,16,18-25,33-34H,6,9-10,12-15H2,1-5H3/t16-,18+,19+,20-,21+,22+,23-,24-,25-,27+,28-,29-,30+/m1/s1. The number of esters is 1. The molecule has 1 aromatic rings. The number of aliphatic hydroxyl groups is 2. The Morgan fingerprint density at radius 3 is 2.48 bits per heavy atom. The molecule has 40 heavy (non-hydrogen) atoms. The molecule has 1 aromatic heterocycles. The normalized spacial score (nSPS) is 52.1. The number of piperidine rings is 1. The van der Waals surface area contributed by atoms with Gasteiger partial charge in [-0.3, -0.25) is 4.90 Å². The van der Waals surface area contributed by atoms with Gasteiger partial charge in [-0.05, 0) is 43.2 Å². The molecule has 7 rings (SSSR count). The highest BCUT2D eigenvalue weighted by Gasteiger charge is 2.88. The average molecular weight is 578 g/mol. The van der Waals surface area contributed by atoms with Crippen molar-refractivity contribution in [3.63, 3.8) is 0 Å². The van der Waals surface area contributed by atoms with Crippen LogP contribution in [0.4, 0.5) is 0 Å². The highest BCUT2D eigenvalue weighted by atomic mass is 32.1. The van der Waals surface area contributed by atoms with Crippen LogP contribution in [-0.2, 0) is 23.7 Å². The third-order valence-electron chi connectivity index (χ3n) is 12.4. The second-order valence-electron chi connectivity index (χ2n) is 13.3. The largest absolute Gasteiger partial charge is 0.455 e. The Balaban J connectivity index is 1.46. The predicted octanol–water partition coefficient (Wildman–Crippen LogP) is 2.20. The summed E-state index contributed by atoms with van der Waals surface area (Å²) < 4.78 is 31.1. The lowest BCUT2D eigenvalue weighted by molar-refractivity contribution is -0.283. The van der Waals surface area contributed by atoms with Crippen molar-refractivity contribution < 1.29 is 38.7 Å². The van der Waals surface area contributed by atoms with E-state index >= 15 is 0 Å². The minimum atomic E-state index is -1.42. The van der Waals surface area contributed by atoms with E-state index in [0.29, 0.717) is 17.9 Å². The maximum Gasteiger partial charge on any atom is 0.348 e. The summed E-state index contributed by atoms with van der Waals surface area (Å²) in [5.41, 5.74) is -3.28. The summed E-state index contributed by atoms with van der Waals surface area (Å²) in [4.78, 5) is 16.4. The van der Waals surface area contributed by atoms with Crippen LogP contribution < -0.4 is 0 Å². The Labute approximate surface area is 240 Å². The van der Waals surface area contributed by atoms with Crippen LogP contribution in [0.2, 0.25) is 0 Å². The van der Waals surface area contributed by atoms with Gasteiger partial charge in [0.2, 0.25) is 0 Å². The lowest BCUT2D eigenvalue weighted by atomic mass is 9.43. The van der Waals surface area contributed by atoms with E-state index in [-0.39, 0.29) is 47.8 Å². The Bertz CT molecular complexity index is 1150. The second-order valence-corrected chi connectivity index (χ2v) is 14.3. The molecule has 6 aliphatic rings. The molecule has 0 radical (unpaired) electrons. The zero-order valence-corrected chi connectivity index (χ0v) is 24.9. The summed E-state index contributed by atoms with van der Waals surface area (Å²) in [6.07, 6.45) is 0.552. The van der Waals surface area contributed by atoms with E-state index in [1.807, 2.05) is 11.4 Å².